The quantitative estimate of drug-likeness (QED) is 0.361. The summed E-state index contributed by atoms with van der Waals surface area (Å²) in [6.07, 6.45) is 13.9. The summed E-state index contributed by atoms with van der Waals surface area (Å²) in [5.41, 5.74) is 1.26. The summed E-state index contributed by atoms with van der Waals surface area (Å²) < 4.78 is 5.87. The summed E-state index contributed by atoms with van der Waals surface area (Å²) in [4.78, 5) is 24.4. The van der Waals surface area contributed by atoms with Crippen LogP contribution in [0.15, 0.2) is 0 Å². The van der Waals surface area contributed by atoms with Crippen LogP contribution in [0.3, 0.4) is 0 Å². The first-order valence-corrected chi connectivity index (χ1v) is 15.2. The Labute approximate surface area is 219 Å². The summed E-state index contributed by atoms with van der Waals surface area (Å²) in [6.45, 7) is 15.9. The minimum absolute atomic E-state index is 0.0308. The molecule has 0 heterocycles. The number of esters is 1. The Morgan fingerprint density at radius 3 is 2.17 bits per heavy atom. The minimum Gasteiger partial charge on any atom is -0.481 e. The highest BCUT2D eigenvalue weighted by Gasteiger charge is 2.82. The first-order valence-electron chi connectivity index (χ1n) is 15.2. The van der Waals surface area contributed by atoms with Crippen molar-refractivity contribution in [2.75, 3.05) is 0 Å². The van der Waals surface area contributed by atoms with Crippen molar-refractivity contribution in [3.63, 3.8) is 0 Å². The van der Waals surface area contributed by atoms with Gasteiger partial charge in [-0.05, 0) is 110 Å². The second kappa shape index (κ2) is 8.47. The van der Waals surface area contributed by atoms with Crippen LogP contribution in [-0.4, -0.2) is 23.1 Å². The van der Waals surface area contributed by atoms with E-state index in [0.29, 0.717) is 28.6 Å². The molecule has 204 valence electrons. The maximum Gasteiger partial charge on any atom is 0.306 e. The molecule has 0 amide bonds. The van der Waals surface area contributed by atoms with Gasteiger partial charge in [0.25, 0.3) is 0 Å². The van der Waals surface area contributed by atoms with Crippen LogP contribution in [0.2, 0.25) is 0 Å². The van der Waals surface area contributed by atoms with Gasteiger partial charge in [-0.3, -0.25) is 9.59 Å². The normalized spacial score (nSPS) is 47.2. The van der Waals surface area contributed by atoms with Crippen molar-refractivity contribution in [3.05, 3.63) is 0 Å². The van der Waals surface area contributed by atoms with Gasteiger partial charge in [0.15, 0.2) is 0 Å². The number of carbonyl (C=O) groups excluding carboxylic acids is 1. The Bertz CT molecular complexity index is 908. The molecule has 0 aromatic carbocycles. The van der Waals surface area contributed by atoms with E-state index in [-0.39, 0.29) is 34.2 Å². The molecule has 9 unspecified atom stereocenters. The number of carboxylic acid groups (broad SMARTS) is 1. The fraction of sp³-hybridized carbons (Fsp3) is 0.938. The van der Waals surface area contributed by atoms with Crippen LogP contribution in [-0.2, 0) is 14.3 Å². The molecule has 5 saturated carbocycles. The molecule has 5 rings (SSSR count). The topological polar surface area (TPSA) is 63.6 Å². The molecule has 1 N–H and O–H groups in total. The summed E-state index contributed by atoms with van der Waals surface area (Å²) in [6, 6.07) is 0. The number of ether oxygens (including phenoxy) is 1. The molecule has 9 atom stereocenters. The van der Waals surface area contributed by atoms with Crippen molar-refractivity contribution >= 4 is 11.9 Å². The van der Waals surface area contributed by atoms with E-state index >= 15 is 0 Å². The largest absolute Gasteiger partial charge is 0.481 e. The van der Waals surface area contributed by atoms with Crippen molar-refractivity contribution in [3.8, 4) is 0 Å². The van der Waals surface area contributed by atoms with Crippen molar-refractivity contribution < 1.29 is 19.4 Å². The van der Waals surface area contributed by atoms with E-state index in [9.17, 15) is 14.7 Å². The molecule has 4 nitrogen and oxygen atoms in total. The van der Waals surface area contributed by atoms with Crippen molar-refractivity contribution in [1.29, 1.82) is 0 Å². The summed E-state index contributed by atoms with van der Waals surface area (Å²) in [5, 5.41) is 10.3. The molecular weight excluding hydrogens is 448 g/mol. The fourth-order valence-electron chi connectivity index (χ4n) is 11.7. The molecule has 4 heteroatoms. The number of hydrogen-bond donors (Lipinski definition) is 1. The third-order valence-corrected chi connectivity index (χ3v) is 13.5. The number of aliphatic carboxylic acids is 1. The molecule has 5 fully saturated rings. The summed E-state index contributed by atoms with van der Waals surface area (Å²) in [7, 11) is 0. The monoisotopic (exact) mass is 500 g/mol. The lowest BCUT2D eigenvalue weighted by Crippen LogP contribution is -2.58. The molecule has 2 spiro atoms. The predicted molar refractivity (Wildman–Crippen MR) is 142 cm³/mol. The van der Waals surface area contributed by atoms with Gasteiger partial charge in [0, 0.05) is 12.3 Å². The first-order chi connectivity index (χ1) is 16.8. The van der Waals surface area contributed by atoms with Gasteiger partial charge in [0.05, 0.1) is 5.92 Å². The zero-order valence-electron chi connectivity index (χ0n) is 24.1. The summed E-state index contributed by atoms with van der Waals surface area (Å²) in [5.74, 6) is 1.43. The SMILES string of the molecule is CC(=O)OC1CCC23CC24CCC2(C)C(C(CCCC(C)C)C(=O)O)CCC2(C)C4CCC3C1(C)C. The lowest BCUT2D eigenvalue weighted by atomic mass is 9.41. The molecule has 36 heavy (non-hydrogen) atoms. The second-order valence-corrected chi connectivity index (χ2v) is 15.4. The number of carboxylic acids is 1. The van der Waals surface area contributed by atoms with E-state index in [0.717, 1.165) is 38.0 Å². The van der Waals surface area contributed by atoms with Crippen LogP contribution in [0.4, 0.5) is 0 Å². The second-order valence-electron chi connectivity index (χ2n) is 15.4. The average Bonchev–Trinajstić information content (AvgIpc) is 3.36. The molecule has 0 aromatic rings. The average molecular weight is 501 g/mol. The molecule has 0 radical (unpaired) electrons. The van der Waals surface area contributed by atoms with Crippen LogP contribution >= 0.6 is 0 Å². The van der Waals surface area contributed by atoms with Crippen LogP contribution in [0.5, 0.6) is 0 Å². The van der Waals surface area contributed by atoms with Crippen LogP contribution in [0, 0.1) is 56.7 Å². The minimum atomic E-state index is -0.549. The van der Waals surface area contributed by atoms with Crippen LogP contribution in [0.25, 0.3) is 0 Å². The Morgan fingerprint density at radius 1 is 0.861 bits per heavy atom. The highest BCUT2D eigenvalue weighted by Crippen LogP contribution is 2.89. The van der Waals surface area contributed by atoms with Gasteiger partial charge in [-0.15, -0.1) is 0 Å². The van der Waals surface area contributed by atoms with E-state index < -0.39 is 5.97 Å². The van der Waals surface area contributed by atoms with Gasteiger partial charge in [-0.1, -0.05) is 54.4 Å². The van der Waals surface area contributed by atoms with Gasteiger partial charge in [-0.2, -0.15) is 0 Å². The molecule has 0 saturated heterocycles. The van der Waals surface area contributed by atoms with E-state index in [1.54, 1.807) is 6.92 Å². The van der Waals surface area contributed by atoms with Crippen LogP contribution in [0.1, 0.15) is 126 Å². The molecule has 5 aliphatic carbocycles. The molecule has 0 aliphatic heterocycles. The predicted octanol–water partition coefficient (Wildman–Crippen LogP) is 7.88. The number of rotatable bonds is 7. The highest BCUT2D eigenvalue weighted by molar-refractivity contribution is 5.70. The maximum atomic E-state index is 12.6. The molecular formula is C32H52O4. The van der Waals surface area contributed by atoms with Gasteiger partial charge < -0.3 is 9.84 Å². The summed E-state index contributed by atoms with van der Waals surface area (Å²) >= 11 is 0. The van der Waals surface area contributed by atoms with Crippen molar-refractivity contribution in [2.45, 2.75) is 132 Å². The number of fused-ring (bicyclic) bond motifs is 2. The fourth-order valence-corrected chi connectivity index (χ4v) is 11.7. The Hall–Kier alpha value is -1.06. The van der Waals surface area contributed by atoms with E-state index in [2.05, 4.69) is 41.5 Å². The van der Waals surface area contributed by atoms with Crippen LogP contribution < -0.4 is 0 Å². The van der Waals surface area contributed by atoms with Crippen molar-refractivity contribution in [2.24, 2.45) is 56.7 Å². The zero-order valence-corrected chi connectivity index (χ0v) is 24.1. The van der Waals surface area contributed by atoms with Crippen molar-refractivity contribution in [1.82, 2.24) is 0 Å². The van der Waals surface area contributed by atoms with Gasteiger partial charge in [-0.25, -0.2) is 0 Å². The Balaban J connectivity index is 1.40. The number of hydrogen-bond acceptors (Lipinski definition) is 3. The van der Waals surface area contributed by atoms with Gasteiger partial charge in [0.2, 0.25) is 0 Å². The molecule has 0 aromatic heterocycles. The van der Waals surface area contributed by atoms with E-state index in [1.165, 1.54) is 44.9 Å². The lowest BCUT2D eigenvalue weighted by Gasteiger charge is -2.63. The van der Waals surface area contributed by atoms with E-state index in [1.807, 2.05) is 0 Å². The highest BCUT2D eigenvalue weighted by atomic mass is 16.5. The molecule has 5 aliphatic rings. The van der Waals surface area contributed by atoms with E-state index in [4.69, 9.17) is 4.74 Å². The first kappa shape index (κ1) is 26.5. The standard InChI is InChI=1S/C32H52O4/c1-20(2)9-8-10-22(27(34)35)23-13-15-30(7)25-12-11-24-28(4,5)26(36-21(3)33)14-16-31(24)19-32(25,31)18-17-29(23,30)6/h20,22-26H,8-19H2,1-7H3,(H,34,35). The number of carbonyl (C=O) groups is 2. The van der Waals surface area contributed by atoms with Gasteiger partial charge in [0.1, 0.15) is 6.10 Å². The lowest BCUT2D eigenvalue weighted by molar-refractivity contribution is -0.182. The smallest absolute Gasteiger partial charge is 0.306 e. The van der Waals surface area contributed by atoms with Gasteiger partial charge >= 0.3 is 11.9 Å². The Morgan fingerprint density at radius 2 is 1.53 bits per heavy atom. The third-order valence-electron chi connectivity index (χ3n) is 13.5. The maximum absolute atomic E-state index is 12.6. The Kier molecular flexibility index (Phi) is 6.24. The molecule has 0 bridgehead atoms. The zero-order chi connectivity index (χ0) is 26.3. The third kappa shape index (κ3) is 3.43.